The molecule has 0 bridgehead atoms. The molecule has 1 fully saturated rings. The van der Waals surface area contributed by atoms with Crippen molar-refractivity contribution in [2.24, 2.45) is 5.92 Å². The van der Waals surface area contributed by atoms with Crippen molar-refractivity contribution < 1.29 is 8.42 Å². The molecule has 120 valence electrons. The van der Waals surface area contributed by atoms with Crippen LogP contribution in [0.15, 0.2) is 29.2 Å². The van der Waals surface area contributed by atoms with Gasteiger partial charge in [-0.2, -0.15) is 0 Å². The Labute approximate surface area is 134 Å². The smallest absolute Gasteiger partial charge is 0.240 e. The summed E-state index contributed by atoms with van der Waals surface area (Å²) in [6.45, 7) is 6.69. The van der Waals surface area contributed by atoms with Crippen molar-refractivity contribution in [1.29, 1.82) is 0 Å². The van der Waals surface area contributed by atoms with Crippen molar-refractivity contribution in [3.63, 3.8) is 0 Å². The number of hydrogen-bond acceptors (Lipinski definition) is 3. The van der Waals surface area contributed by atoms with Gasteiger partial charge in [-0.15, -0.1) is 12.4 Å². The van der Waals surface area contributed by atoms with Crippen molar-refractivity contribution in [2.75, 3.05) is 19.6 Å². The van der Waals surface area contributed by atoms with Crippen molar-refractivity contribution in [2.45, 2.75) is 37.5 Å². The Hall–Kier alpha value is -0.620. The van der Waals surface area contributed by atoms with E-state index >= 15 is 0 Å². The van der Waals surface area contributed by atoms with Gasteiger partial charge in [0.15, 0.2) is 0 Å². The summed E-state index contributed by atoms with van der Waals surface area (Å²) in [6.07, 6.45) is 2.04. The van der Waals surface area contributed by atoms with Gasteiger partial charge in [0.05, 0.1) is 4.90 Å². The molecule has 1 aliphatic rings. The second kappa shape index (κ2) is 8.13. The summed E-state index contributed by atoms with van der Waals surface area (Å²) in [5, 5.41) is 3.29. The van der Waals surface area contributed by atoms with Crippen LogP contribution in [0.5, 0.6) is 0 Å². The van der Waals surface area contributed by atoms with Crippen molar-refractivity contribution in [3.8, 4) is 0 Å². The fraction of sp³-hybridized carbons (Fsp3) is 0.600. The minimum absolute atomic E-state index is 0. The van der Waals surface area contributed by atoms with Crippen LogP contribution in [0.25, 0.3) is 0 Å². The van der Waals surface area contributed by atoms with E-state index in [1.165, 1.54) is 0 Å². The molecule has 1 unspecified atom stereocenters. The maximum atomic E-state index is 12.3. The first-order valence-corrected chi connectivity index (χ1v) is 8.77. The summed E-state index contributed by atoms with van der Waals surface area (Å²) < 4.78 is 27.2. The molecule has 21 heavy (non-hydrogen) atoms. The van der Waals surface area contributed by atoms with E-state index in [-0.39, 0.29) is 12.4 Å². The molecule has 4 nitrogen and oxygen atoms in total. The number of halogens is 1. The van der Waals surface area contributed by atoms with Gasteiger partial charge in [0.1, 0.15) is 0 Å². The molecule has 0 amide bonds. The predicted octanol–water partition coefficient (Wildman–Crippen LogP) is 2.51. The number of nitrogens with one attached hydrogen (secondary N) is 2. The number of hydrogen-bond donors (Lipinski definition) is 2. The van der Waals surface area contributed by atoms with Crippen LogP contribution in [0.3, 0.4) is 0 Å². The molecule has 1 atom stereocenters. The minimum Gasteiger partial charge on any atom is -0.316 e. The largest absolute Gasteiger partial charge is 0.316 e. The highest BCUT2D eigenvalue weighted by molar-refractivity contribution is 7.89. The molecule has 0 aromatic heterocycles. The summed E-state index contributed by atoms with van der Waals surface area (Å²) in [4.78, 5) is 0.369. The fourth-order valence-corrected chi connectivity index (χ4v) is 3.58. The van der Waals surface area contributed by atoms with Gasteiger partial charge in [-0.25, -0.2) is 13.1 Å². The zero-order valence-electron chi connectivity index (χ0n) is 12.6. The van der Waals surface area contributed by atoms with Crippen molar-refractivity contribution in [3.05, 3.63) is 29.8 Å². The van der Waals surface area contributed by atoms with Gasteiger partial charge in [0.2, 0.25) is 10.0 Å². The third-order valence-corrected chi connectivity index (χ3v) is 5.30. The molecule has 1 aliphatic heterocycles. The molecule has 0 saturated carbocycles. The molecule has 0 aliphatic carbocycles. The Balaban J connectivity index is 0.00000220. The molecule has 2 N–H and O–H groups in total. The van der Waals surface area contributed by atoms with E-state index in [4.69, 9.17) is 0 Å². The van der Waals surface area contributed by atoms with Crippen molar-refractivity contribution >= 4 is 22.4 Å². The Morgan fingerprint density at radius 1 is 1.38 bits per heavy atom. The molecule has 1 aromatic carbocycles. The highest BCUT2D eigenvalue weighted by atomic mass is 35.5. The van der Waals surface area contributed by atoms with Crippen LogP contribution in [0.2, 0.25) is 0 Å². The van der Waals surface area contributed by atoms with E-state index in [0.29, 0.717) is 23.3 Å². The molecule has 1 heterocycles. The predicted molar refractivity (Wildman–Crippen MR) is 88.6 cm³/mol. The second-order valence-corrected chi connectivity index (χ2v) is 7.54. The summed E-state index contributed by atoms with van der Waals surface area (Å²) >= 11 is 0. The van der Waals surface area contributed by atoms with E-state index in [2.05, 4.69) is 23.9 Å². The number of benzene rings is 1. The van der Waals surface area contributed by atoms with Crippen LogP contribution >= 0.6 is 12.4 Å². The molecule has 6 heteroatoms. The lowest BCUT2D eigenvalue weighted by Crippen LogP contribution is -2.26. The SMILES string of the molecule is CC(C)c1cccc(S(=O)(=O)NCCC2CCNC2)c1.Cl. The van der Waals surface area contributed by atoms with Crippen LogP contribution in [0.4, 0.5) is 0 Å². The van der Waals surface area contributed by atoms with Gasteiger partial charge >= 0.3 is 0 Å². The van der Waals surface area contributed by atoms with Gasteiger partial charge in [-0.3, -0.25) is 0 Å². The maximum Gasteiger partial charge on any atom is 0.240 e. The van der Waals surface area contributed by atoms with Gasteiger partial charge in [-0.1, -0.05) is 26.0 Å². The molecule has 1 saturated heterocycles. The second-order valence-electron chi connectivity index (χ2n) is 5.77. The first-order chi connectivity index (χ1) is 9.49. The zero-order chi connectivity index (χ0) is 14.6. The van der Waals surface area contributed by atoms with Gasteiger partial charge in [0, 0.05) is 6.54 Å². The summed E-state index contributed by atoms with van der Waals surface area (Å²) in [5.41, 5.74) is 1.05. The van der Waals surface area contributed by atoms with Gasteiger partial charge in [0.25, 0.3) is 0 Å². The number of rotatable bonds is 6. The third kappa shape index (κ3) is 5.25. The Morgan fingerprint density at radius 2 is 2.14 bits per heavy atom. The van der Waals surface area contributed by atoms with E-state index in [1.54, 1.807) is 12.1 Å². The molecule has 0 radical (unpaired) electrons. The first-order valence-electron chi connectivity index (χ1n) is 7.29. The standard InChI is InChI=1S/C15H24N2O2S.ClH/c1-12(2)14-4-3-5-15(10-14)20(18,19)17-9-7-13-6-8-16-11-13;/h3-5,10,12-13,16-17H,6-9,11H2,1-2H3;1H. The normalized spacial score (nSPS) is 18.7. The highest BCUT2D eigenvalue weighted by Crippen LogP contribution is 2.19. The van der Waals surface area contributed by atoms with Crippen molar-refractivity contribution in [1.82, 2.24) is 10.0 Å². The molecular weight excluding hydrogens is 308 g/mol. The van der Waals surface area contributed by atoms with Crippen LogP contribution in [-0.2, 0) is 10.0 Å². The maximum absolute atomic E-state index is 12.3. The third-order valence-electron chi connectivity index (χ3n) is 3.84. The monoisotopic (exact) mass is 332 g/mol. The van der Waals surface area contributed by atoms with Crippen LogP contribution in [-0.4, -0.2) is 28.1 Å². The lowest BCUT2D eigenvalue weighted by molar-refractivity contribution is 0.519. The summed E-state index contributed by atoms with van der Waals surface area (Å²) in [6, 6.07) is 7.20. The topological polar surface area (TPSA) is 58.2 Å². The van der Waals surface area contributed by atoms with Crippen LogP contribution in [0.1, 0.15) is 38.2 Å². The Kier molecular flexibility index (Phi) is 7.13. The average Bonchev–Trinajstić information content (AvgIpc) is 2.92. The van der Waals surface area contributed by atoms with E-state index < -0.39 is 10.0 Å². The van der Waals surface area contributed by atoms with E-state index in [9.17, 15) is 8.42 Å². The minimum atomic E-state index is -3.38. The first kappa shape index (κ1) is 18.4. The lowest BCUT2D eigenvalue weighted by atomic mass is 10.0. The lowest BCUT2D eigenvalue weighted by Gasteiger charge is -2.12. The average molecular weight is 333 g/mol. The molecule has 0 spiro atoms. The Morgan fingerprint density at radius 3 is 2.76 bits per heavy atom. The van der Waals surface area contributed by atoms with E-state index in [1.807, 2.05) is 12.1 Å². The Bertz CT molecular complexity index is 540. The van der Waals surface area contributed by atoms with Crippen LogP contribution in [0, 0.1) is 5.92 Å². The molecular formula is C15H25ClN2O2S. The van der Waals surface area contributed by atoms with Crippen LogP contribution < -0.4 is 10.0 Å². The molecule has 1 aromatic rings. The zero-order valence-corrected chi connectivity index (χ0v) is 14.3. The van der Waals surface area contributed by atoms with Gasteiger partial charge < -0.3 is 5.32 Å². The number of sulfonamides is 1. The quantitative estimate of drug-likeness (QED) is 0.841. The summed E-state index contributed by atoms with van der Waals surface area (Å²) in [7, 11) is -3.38. The molecule has 2 rings (SSSR count). The highest BCUT2D eigenvalue weighted by Gasteiger charge is 2.17. The van der Waals surface area contributed by atoms with E-state index in [0.717, 1.165) is 31.5 Å². The summed E-state index contributed by atoms with van der Waals surface area (Å²) in [5.74, 6) is 0.925. The van der Waals surface area contributed by atoms with Gasteiger partial charge in [-0.05, 0) is 55.5 Å². The fourth-order valence-electron chi connectivity index (χ4n) is 2.48.